The molecule has 51 heavy (non-hydrogen) atoms. The van der Waals surface area contributed by atoms with Crippen molar-refractivity contribution in [3.05, 3.63) is 80.8 Å². The average Bonchev–Trinajstić information content (AvgIpc) is 3.61. The van der Waals surface area contributed by atoms with E-state index in [4.69, 9.17) is 30.5 Å². The molecule has 0 aliphatic carbocycles. The van der Waals surface area contributed by atoms with Crippen molar-refractivity contribution in [2.24, 2.45) is 11.8 Å². The Kier molecular flexibility index (Phi) is 11.6. The molecule has 0 saturated carbocycles. The quantitative estimate of drug-likeness (QED) is 0.202. The van der Waals surface area contributed by atoms with E-state index in [2.05, 4.69) is 0 Å². The smallest absolute Gasteiger partial charge is 0.413 e. The Bertz CT molecular complexity index is 1730. The highest BCUT2D eigenvalue weighted by molar-refractivity contribution is 8.03. The molecule has 6 atom stereocenters. The van der Waals surface area contributed by atoms with Crippen LogP contribution in [0, 0.1) is 18.8 Å². The molecule has 3 aliphatic rings. The van der Waals surface area contributed by atoms with Crippen LogP contribution in [0.3, 0.4) is 0 Å². The number of esters is 3. The topological polar surface area (TPSA) is 169 Å². The molecule has 2 saturated heterocycles. The Labute approximate surface area is 303 Å². The Balaban J connectivity index is 1.30. The SMILES string of the molecule is Cc1ccc(C(=O)OCOC(=O)N2C[C@@H](SC3=C(C(=O)OCOC(=O)c4ccc(Cl)cc4)N4C(=O)[C@H]([C@@H](C)O)[C@H]4[C@H]3C)C[C@H]2C(=O)N(C)C)cc1. The van der Waals surface area contributed by atoms with E-state index in [0.29, 0.717) is 9.93 Å². The normalized spacial score (nSPS) is 22.9. The minimum atomic E-state index is -0.984. The molecule has 2 aromatic rings. The zero-order chi connectivity index (χ0) is 37.1. The van der Waals surface area contributed by atoms with Gasteiger partial charge in [-0.1, -0.05) is 36.2 Å². The molecule has 0 spiro atoms. The lowest BCUT2D eigenvalue weighted by atomic mass is 9.79. The third-order valence-electron chi connectivity index (χ3n) is 8.94. The van der Waals surface area contributed by atoms with Crippen LogP contribution in [0.1, 0.15) is 46.5 Å². The number of benzene rings is 2. The summed E-state index contributed by atoms with van der Waals surface area (Å²) in [7, 11) is 3.11. The van der Waals surface area contributed by atoms with Crippen molar-refractivity contribution in [3.8, 4) is 0 Å². The Morgan fingerprint density at radius 1 is 0.922 bits per heavy atom. The van der Waals surface area contributed by atoms with Gasteiger partial charge in [0.15, 0.2) is 0 Å². The summed E-state index contributed by atoms with van der Waals surface area (Å²) in [5.74, 6) is -4.36. The van der Waals surface area contributed by atoms with Gasteiger partial charge in [0.2, 0.25) is 25.4 Å². The molecule has 3 heterocycles. The molecular weight excluding hydrogens is 706 g/mol. The van der Waals surface area contributed by atoms with Crippen LogP contribution in [0.15, 0.2) is 59.1 Å². The first-order valence-electron chi connectivity index (χ1n) is 16.1. The van der Waals surface area contributed by atoms with E-state index >= 15 is 0 Å². The molecule has 0 radical (unpaired) electrons. The average molecular weight is 744 g/mol. The number of carbonyl (C=O) groups is 6. The number of amides is 3. The summed E-state index contributed by atoms with van der Waals surface area (Å²) in [4.78, 5) is 82.4. The van der Waals surface area contributed by atoms with Gasteiger partial charge in [0.25, 0.3) is 0 Å². The van der Waals surface area contributed by atoms with E-state index in [0.717, 1.165) is 5.56 Å². The number of halogens is 1. The number of aliphatic hydroxyl groups excluding tert-OH is 1. The summed E-state index contributed by atoms with van der Waals surface area (Å²) in [5.41, 5.74) is 1.37. The van der Waals surface area contributed by atoms with Gasteiger partial charge in [-0.2, -0.15) is 0 Å². The fraction of sp³-hybridized carbons (Fsp3) is 0.429. The highest BCUT2D eigenvalue weighted by atomic mass is 35.5. The predicted octanol–water partition coefficient (Wildman–Crippen LogP) is 3.59. The molecule has 2 fully saturated rings. The molecule has 0 bridgehead atoms. The molecule has 3 aliphatic heterocycles. The van der Waals surface area contributed by atoms with E-state index in [9.17, 15) is 33.9 Å². The largest absolute Gasteiger partial charge is 0.424 e. The first-order chi connectivity index (χ1) is 24.2. The van der Waals surface area contributed by atoms with Gasteiger partial charge >= 0.3 is 24.0 Å². The lowest BCUT2D eigenvalue weighted by Crippen LogP contribution is -2.63. The zero-order valence-electron chi connectivity index (χ0n) is 28.6. The van der Waals surface area contributed by atoms with Crippen LogP contribution in [-0.2, 0) is 33.3 Å². The maximum absolute atomic E-state index is 13.5. The number of hydrogen-bond donors (Lipinski definition) is 1. The van der Waals surface area contributed by atoms with Crippen LogP contribution < -0.4 is 0 Å². The number of likely N-dealkylation sites (tertiary alicyclic amines) is 1. The molecule has 1 N–H and O–H groups in total. The highest BCUT2D eigenvalue weighted by Crippen LogP contribution is 2.52. The van der Waals surface area contributed by atoms with Gasteiger partial charge in [0.1, 0.15) is 11.7 Å². The van der Waals surface area contributed by atoms with Crippen LogP contribution in [0.25, 0.3) is 0 Å². The molecule has 0 aromatic heterocycles. The molecular formula is C35H38ClN3O11S. The van der Waals surface area contributed by atoms with Crippen molar-refractivity contribution in [1.82, 2.24) is 14.7 Å². The maximum atomic E-state index is 13.5. The van der Waals surface area contributed by atoms with Crippen molar-refractivity contribution < 1.29 is 52.8 Å². The minimum absolute atomic E-state index is 0.0232. The molecule has 5 rings (SSSR count). The number of ether oxygens (including phenoxy) is 4. The number of β-lactam (4-membered cyclic amide) rings is 1. The number of nitrogens with zero attached hydrogens (tertiary/aromatic N) is 3. The summed E-state index contributed by atoms with van der Waals surface area (Å²) < 4.78 is 20.8. The molecule has 16 heteroatoms. The Morgan fingerprint density at radius 3 is 2.04 bits per heavy atom. The maximum Gasteiger partial charge on any atom is 0.413 e. The predicted molar refractivity (Wildman–Crippen MR) is 183 cm³/mol. The van der Waals surface area contributed by atoms with E-state index in [-0.39, 0.29) is 35.7 Å². The van der Waals surface area contributed by atoms with E-state index in [1.165, 1.54) is 57.7 Å². The van der Waals surface area contributed by atoms with Gasteiger partial charge < -0.3 is 33.9 Å². The molecule has 2 aromatic carbocycles. The molecule has 14 nitrogen and oxygen atoms in total. The number of fused-ring (bicyclic) bond motifs is 1. The first kappa shape index (κ1) is 37.7. The van der Waals surface area contributed by atoms with Crippen LogP contribution in [0.2, 0.25) is 5.02 Å². The van der Waals surface area contributed by atoms with Gasteiger partial charge in [-0.25, -0.2) is 19.2 Å². The summed E-state index contributed by atoms with van der Waals surface area (Å²) in [6.45, 7) is 3.80. The number of rotatable bonds is 11. The van der Waals surface area contributed by atoms with Gasteiger partial charge in [-0.05, 0) is 56.7 Å². The standard InChI is InChI=1S/C35H38ClN3O11S/c1-18-6-8-21(9-7-18)32(43)48-17-50-35(46)38-15-24(14-25(38)30(41)37(4)5)51-29-19(2)27-26(20(3)40)31(42)39(27)28(29)34(45)49-16-47-33(44)22-10-12-23(36)13-11-22/h6-13,19-20,24-27,40H,14-17H2,1-5H3/t19-,20-,24+,25+,26-,27-/m1/s1. The Morgan fingerprint density at radius 2 is 1.47 bits per heavy atom. The summed E-state index contributed by atoms with van der Waals surface area (Å²) in [5, 5.41) is 10.4. The van der Waals surface area contributed by atoms with E-state index in [1.807, 2.05) is 13.8 Å². The summed E-state index contributed by atoms with van der Waals surface area (Å²) in [6, 6.07) is 11.1. The van der Waals surface area contributed by atoms with Crippen molar-refractivity contribution in [2.45, 2.75) is 50.6 Å². The van der Waals surface area contributed by atoms with Gasteiger partial charge in [-0.15, -0.1) is 11.8 Å². The third-order valence-corrected chi connectivity index (χ3v) is 10.7. The van der Waals surface area contributed by atoms with Gasteiger partial charge in [0.05, 0.1) is 29.2 Å². The molecule has 3 amide bonds. The number of aliphatic hydroxyl groups is 1. The summed E-state index contributed by atoms with van der Waals surface area (Å²) >= 11 is 7.09. The summed E-state index contributed by atoms with van der Waals surface area (Å²) in [6.07, 6.45) is -1.68. The number of carbonyl (C=O) groups excluding carboxylic acids is 6. The second-order valence-corrected chi connectivity index (χ2v) is 14.4. The molecule has 272 valence electrons. The van der Waals surface area contributed by atoms with Gasteiger partial charge in [0, 0.05) is 41.7 Å². The number of likely N-dealkylation sites (N-methyl/N-ethyl adjacent to an activating group) is 1. The number of hydrogen-bond acceptors (Lipinski definition) is 12. The number of aryl methyl sites for hydroxylation is 1. The lowest BCUT2D eigenvalue weighted by molar-refractivity contribution is -0.166. The molecule has 0 unspecified atom stereocenters. The van der Waals surface area contributed by atoms with Crippen LogP contribution in [0.5, 0.6) is 0 Å². The fourth-order valence-corrected chi connectivity index (χ4v) is 7.98. The van der Waals surface area contributed by atoms with Crippen LogP contribution in [0.4, 0.5) is 4.79 Å². The Hall–Kier alpha value is -4.60. The fourth-order valence-electron chi connectivity index (χ4n) is 6.33. The van der Waals surface area contributed by atoms with Crippen LogP contribution >= 0.6 is 23.4 Å². The van der Waals surface area contributed by atoms with Crippen molar-refractivity contribution in [2.75, 3.05) is 34.2 Å². The van der Waals surface area contributed by atoms with E-state index < -0.39 is 78.8 Å². The van der Waals surface area contributed by atoms with Crippen molar-refractivity contribution >= 4 is 59.2 Å². The van der Waals surface area contributed by atoms with Crippen molar-refractivity contribution in [3.63, 3.8) is 0 Å². The minimum Gasteiger partial charge on any atom is -0.424 e. The third kappa shape index (κ3) is 8.00. The second kappa shape index (κ2) is 15.7. The highest BCUT2D eigenvalue weighted by Gasteiger charge is 2.60. The number of thioether (sulfide) groups is 1. The monoisotopic (exact) mass is 743 g/mol. The van der Waals surface area contributed by atoms with Crippen LogP contribution in [-0.4, -0.2) is 113 Å². The van der Waals surface area contributed by atoms with E-state index in [1.54, 1.807) is 38.4 Å². The lowest BCUT2D eigenvalue weighted by Gasteiger charge is -2.46. The van der Waals surface area contributed by atoms with Crippen molar-refractivity contribution in [1.29, 1.82) is 0 Å². The zero-order valence-corrected chi connectivity index (χ0v) is 30.1. The first-order valence-corrected chi connectivity index (χ1v) is 17.4. The van der Waals surface area contributed by atoms with Gasteiger partial charge in [-0.3, -0.25) is 14.5 Å². The second-order valence-electron chi connectivity index (χ2n) is 12.7.